The first-order valence-electron chi connectivity index (χ1n) is 8.94. The van der Waals surface area contributed by atoms with Crippen LogP contribution in [-0.2, 0) is 0 Å². The van der Waals surface area contributed by atoms with E-state index in [0.29, 0.717) is 17.3 Å². The molecule has 4 rings (SSSR count). The third-order valence-corrected chi connectivity index (χ3v) is 4.16. The lowest BCUT2D eigenvalue weighted by molar-refractivity contribution is 0.875. The van der Waals surface area contributed by atoms with Gasteiger partial charge in [0.1, 0.15) is 5.65 Å². The van der Waals surface area contributed by atoms with E-state index in [-0.39, 0.29) is 6.04 Å². The normalized spacial score (nSPS) is 10.8. The van der Waals surface area contributed by atoms with Gasteiger partial charge in [0.05, 0.1) is 24.2 Å². The van der Waals surface area contributed by atoms with Gasteiger partial charge in [-0.2, -0.15) is 0 Å². The van der Waals surface area contributed by atoms with Gasteiger partial charge in [-0.15, -0.1) is 0 Å². The van der Waals surface area contributed by atoms with Crippen LogP contribution < -0.4 is 10.6 Å². The van der Waals surface area contributed by atoms with E-state index in [9.17, 15) is 0 Å². The van der Waals surface area contributed by atoms with E-state index in [0.717, 1.165) is 28.0 Å². The Morgan fingerprint density at radius 3 is 2.64 bits per heavy atom. The number of hydrogen-bond acceptors (Lipinski definition) is 5. The molecule has 0 aliphatic rings. The van der Waals surface area contributed by atoms with Crippen LogP contribution in [0.25, 0.3) is 27.1 Å². The summed E-state index contributed by atoms with van der Waals surface area (Å²) < 4.78 is 0. The number of para-hydroxylation sites is 1. The van der Waals surface area contributed by atoms with Crippen LogP contribution in [0.3, 0.4) is 0 Å². The second-order valence-corrected chi connectivity index (χ2v) is 6.65. The Kier molecular flexibility index (Phi) is 4.60. The summed E-state index contributed by atoms with van der Waals surface area (Å²) in [5, 5.41) is 7.42. The van der Waals surface area contributed by atoms with E-state index >= 15 is 0 Å². The van der Waals surface area contributed by atoms with Crippen molar-refractivity contribution in [2.45, 2.75) is 19.9 Å². The topological polar surface area (TPSA) is 82.9 Å². The zero-order chi connectivity index (χ0) is 19.5. The van der Waals surface area contributed by atoms with Crippen LogP contribution in [0, 0.1) is 6.57 Å². The zero-order valence-corrected chi connectivity index (χ0v) is 15.6. The number of rotatable bonds is 5. The first kappa shape index (κ1) is 17.5. The Bertz CT molecular complexity index is 1160. The number of benzene rings is 1. The minimum atomic E-state index is 0.193. The summed E-state index contributed by atoms with van der Waals surface area (Å²) in [7, 11) is 0. The van der Waals surface area contributed by atoms with Gasteiger partial charge in [0.2, 0.25) is 11.6 Å². The molecule has 28 heavy (non-hydrogen) atoms. The van der Waals surface area contributed by atoms with E-state index in [1.807, 2.05) is 56.4 Å². The Morgan fingerprint density at radius 1 is 1.07 bits per heavy atom. The Hall–Kier alpha value is -3.92. The number of fused-ring (bicyclic) bond motifs is 1. The van der Waals surface area contributed by atoms with Crippen molar-refractivity contribution in [2.24, 2.45) is 0 Å². The van der Waals surface area contributed by atoms with Crippen LogP contribution in [-0.4, -0.2) is 26.0 Å². The van der Waals surface area contributed by atoms with E-state index < -0.39 is 0 Å². The van der Waals surface area contributed by atoms with Crippen molar-refractivity contribution in [1.29, 1.82) is 0 Å². The number of H-pyrrole nitrogens is 1. The highest BCUT2D eigenvalue weighted by Crippen LogP contribution is 2.35. The van der Waals surface area contributed by atoms with Crippen LogP contribution in [0.2, 0.25) is 0 Å². The fourth-order valence-corrected chi connectivity index (χ4v) is 2.94. The molecule has 0 fully saturated rings. The van der Waals surface area contributed by atoms with Crippen molar-refractivity contribution in [3.63, 3.8) is 0 Å². The maximum Gasteiger partial charge on any atom is 0.231 e. The third-order valence-electron chi connectivity index (χ3n) is 4.16. The Labute approximate surface area is 162 Å². The Balaban J connectivity index is 1.79. The van der Waals surface area contributed by atoms with Gasteiger partial charge in [-0.1, -0.05) is 18.2 Å². The van der Waals surface area contributed by atoms with Crippen molar-refractivity contribution in [2.75, 3.05) is 10.6 Å². The summed E-state index contributed by atoms with van der Waals surface area (Å²) in [6.45, 7) is 11.5. The number of hydrogen-bond donors (Lipinski definition) is 3. The molecule has 0 saturated carbocycles. The summed E-state index contributed by atoms with van der Waals surface area (Å²) in [5.74, 6) is 0.498. The van der Waals surface area contributed by atoms with Crippen LogP contribution in [0.5, 0.6) is 0 Å². The van der Waals surface area contributed by atoms with Gasteiger partial charge in [0.25, 0.3) is 0 Å². The molecule has 3 heterocycles. The average molecular weight is 369 g/mol. The van der Waals surface area contributed by atoms with E-state index in [4.69, 9.17) is 6.57 Å². The monoisotopic (exact) mass is 369 g/mol. The second kappa shape index (κ2) is 7.37. The van der Waals surface area contributed by atoms with Crippen LogP contribution in [0.1, 0.15) is 13.8 Å². The van der Waals surface area contributed by atoms with Crippen molar-refractivity contribution in [3.8, 4) is 11.3 Å². The average Bonchev–Trinajstić information content (AvgIpc) is 3.11. The maximum absolute atomic E-state index is 7.48. The minimum Gasteiger partial charge on any atom is -0.354 e. The molecule has 0 amide bonds. The molecule has 0 spiro atoms. The molecule has 0 radical (unpaired) electrons. The fraction of sp³-hybridized carbons (Fsp3) is 0.143. The lowest BCUT2D eigenvalue weighted by atomic mass is 10.1. The van der Waals surface area contributed by atoms with Gasteiger partial charge < -0.3 is 15.6 Å². The molecule has 138 valence electrons. The van der Waals surface area contributed by atoms with Gasteiger partial charge in [-0.25, -0.2) is 19.8 Å². The van der Waals surface area contributed by atoms with Crippen molar-refractivity contribution < 1.29 is 0 Å². The van der Waals surface area contributed by atoms with Gasteiger partial charge in [-0.05, 0) is 32.0 Å². The molecule has 0 aliphatic heterocycles. The molecule has 4 aromatic rings. The summed E-state index contributed by atoms with van der Waals surface area (Å²) in [5.41, 5.74) is 4.38. The molecule has 0 unspecified atom stereocenters. The molecule has 7 heteroatoms. The van der Waals surface area contributed by atoms with E-state index in [1.54, 1.807) is 12.4 Å². The largest absolute Gasteiger partial charge is 0.354 e. The highest BCUT2D eigenvalue weighted by molar-refractivity contribution is 5.97. The Morgan fingerprint density at radius 2 is 1.89 bits per heavy atom. The highest BCUT2D eigenvalue weighted by atomic mass is 15.1. The fourth-order valence-electron chi connectivity index (χ4n) is 2.94. The number of nitrogens with one attached hydrogen (secondary N) is 3. The lowest BCUT2D eigenvalue weighted by Crippen LogP contribution is -2.12. The molecule has 3 aromatic heterocycles. The summed E-state index contributed by atoms with van der Waals surface area (Å²) in [6, 6.07) is 12.1. The second-order valence-electron chi connectivity index (χ2n) is 6.65. The highest BCUT2D eigenvalue weighted by Gasteiger charge is 2.15. The first-order valence-corrected chi connectivity index (χ1v) is 8.94. The van der Waals surface area contributed by atoms with Crippen LogP contribution in [0.15, 0.2) is 55.0 Å². The summed E-state index contributed by atoms with van der Waals surface area (Å²) in [4.78, 5) is 20.1. The number of nitrogens with zero attached hydrogens (tertiary/aromatic N) is 4. The summed E-state index contributed by atoms with van der Waals surface area (Å²) in [6.07, 6.45) is 5.16. The molecule has 0 saturated heterocycles. The summed E-state index contributed by atoms with van der Waals surface area (Å²) >= 11 is 0. The molecule has 7 nitrogen and oxygen atoms in total. The molecule has 0 bridgehead atoms. The van der Waals surface area contributed by atoms with Gasteiger partial charge >= 0.3 is 0 Å². The van der Waals surface area contributed by atoms with Gasteiger partial charge in [0.15, 0.2) is 0 Å². The number of pyridine rings is 1. The molecule has 0 atom stereocenters. The molecule has 3 N–H and O–H groups in total. The molecular formula is C21H19N7. The SMILES string of the molecule is [C-]#[N+]c1cnc(NC(C)C)nc1-c1c[nH]c2ncc(Nc3ccccc3)cc12. The smallest absolute Gasteiger partial charge is 0.231 e. The third kappa shape index (κ3) is 3.48. The maximum atomic E-state index is 7.48. The minimum absolute atomic E-state index is 0.193. The molecule has 0 aliphatic carbocycles. The number of aromatic nitrogens is 4. The standard InChI is InChI=1S/C21H19N7/c1-13(2)26-21-25-12-18(22-3)19(28-21)17-11-24-20-16(17)9-15(10-23-20)27-14-7-5-4-6-8-14/h4-13,27H,1-2H3,(H,23,24)(H,25,26,28). The van der Waals surface area contributed by atoms with Crippen molar-refractivity contribution in [3.05, 3.63) is 66.4 Å². The van der Waals surface area contributed by atoms with Crippen molar-refractivity contribution in [1.82, 2.24) is 19.9 Å². The lowest BCUT2D eigenvalue weighted by Gasteiger charge is -2.10. The van der Waals surface area contributed by atoms with E-state index in [2.05, 4.69) is 35.4 Å². The quantitative estimate of drug-likeness (QED) is 0.425. The molecule has 1 aromatic carbocycles. The number of aromatic amines is 1. The van der Waals surface area contributed by atoms with Gasteiger partial charge in [0, 0.05) is 35.1 Å². The van der Waals surface area contributed by atoms with Gasteiger partial charge in [-0.3, -0.25) is 0 Å². The number of anilines is 3. The predicted octanol–water partition coefficient (Wildman–Crippen LogP) is 5.13. The molecular weight excluding hydrogens is 350 g/mol. The van der Waals surface area contributed by atoms with Crippen molar-refractivity contribution >= 4 is 34.0 Å². The first-order chi connectivity index (χ1) is 13.6. The predicted molar refractivity (Wildman–Crippen MR) is 112 cm³/mol. The zero-order valence-electron chi connectivity index (χ0n) is 15.6. The van der Waals surface area contributed by atoms with E-state index in [1.165, 1.54) is 0 Å². The van der Waals surface area contributed by atoms with Crippen LogP contribution in [0.4, 0.5) is 23.0 Å². The van der Waals surface area contributed by atoms with Crippen LogP contribution >= 0.6 is 0 Å².